The van der Waals surface area contributed by atoms with Crippen LogP contribution in [-0.2, 0) is 11.3 Å². The van der Waals surface area contributed by atoms with Gasteiger partial charge in [0.15, 0.2) is 0 Å². The standard InChI is InChI=1S/C18H14FN5O4/c19-12-5-7-13(8-6-12)21-18(26)14-3-1-2-4-15(14)22-17(25)10-23-9-16(20-11-23)24(27)28/h1-9,11H,10H2,(H,21,26)(H,22,25). The quantitative estimate of drug-likeness (QED) is 0.501. The monoisotopic (exact) mass is 383 g/mol. The zero-order chi connectivity index (χ0) is 20.1. The highest BCUT2D eigenvalue weighted by Crippen LogP contribution is 2.18. The highest BCUT2D eigenvalue weighted by molar-refractivity contribution is 6.10. The third-order valence-corrected chi connectivity index (χ3v) is 3.68. The summed E-state index contributed by atoms with van der Waals surface area (Å²) in [5.74, 6) is -1.77. The predicted molar refractivity (Wildman–Crippen MR) is 98.3 cm³/mol. The number of nitrogens with one attached hydrogen (secondary N) is 2. The molecule has 3 aromatic rings. The molecule has 0 aliphatic carbocycles. The van der Waals surface area contributed by atoms with Crippen molar-refractivity contribution in [1.29, 1.82) is 0 Å². The van der Waals surface area contributed by atoms with Crippen molar-refractivity contribution < 1.29 is 18.9 Å². The van der Waals surface area contributed by atoms with Gasteiger partial charge in [-0.1, -0.05) is 12.1 Å². The van der Waals surface area contributed by atoms with Crippen molar-refractivity contribution in [2.24, 2.45) is 0 Å². The number of anilines is 2. The predicted octanol–water partition coefficient (Wildman–Crippen LogP) is 2.82. The summed E-state index contributed by atoms with van der Waals surface area (Å²) in [5.41, 5.74) is 0.872. The van der Waals surface area contributed by atoms with Gasteiger partial charge in [-0.2, -0.15) is 0 Å². The van der Waals surface area contributed by atoms with Gasteiger partial charge in [0.2, 0.25) is 12.2 Å². The Morgan fingerprint density at radius 1 is 1.11 bits per heavy atom. The molecule has 1 heterocycles. The number of rotatable bonds is 6. The lowest BCUT2D eigenvalue weighted by Crippen LogP contribution is -2.21. The first kappa shape index (κ1) is 18.7. The Morgan fingerprint density at radius 2 is 1.82 bits per heavy atom. The van der Waals surface area contributed by atoms with Gasteiger partial charge in [-0.05, 0) is 46.3 Å². The summed E-state index contributed by atoms with van der Waals surface area (Å²) < 4.78 is 14.2. The van der Waals surface area contributed by atoms with Crippen LogP contribution < -0.4 is 10.6 Å². The Balaban J connectivity index is 1.70. The molecule has 3 rings (SSSR count). The molecule has 9 nitrogen and oxygen atoms in total. The first-order valence-electron chi connectivity index (χ1n) is 8.04. The van der Waals surface area contributed by atoms with E-state index in [0.29, 0.717) is 5.69 Å². The lowest BCUT2D eigenvalue weighted by molar-refractivity contribution is -0.389. The minimum absolute atomic E-state index is 0.205. The third kappa shape index (κ3) is 4.55. The van der Waals surface area contributed by atoms with Crippen molar-refractivity contribution in [1.82, 2.24) is 9.55 Å². The molecule has 0 saturated carbocycles. The lowest BCUT2D eigenvalue weighted by atomic mass is 10.1. The van der Waals surface area contributed by atoms with Crippen molar-refractivity contribution in [3.63, 3.8) is 0 Å². The number of carbonyl (C=O) groups excluding carboxylic acids is 2. The van der Waals surface area contributed by atoms with Crippen LogP contribution in [0.2, 0.25) is 0 Å². The summed E-state index contributed by atoms with van der Waals surface area (Å²) >= 11 is 0. The molecule has 0 aliphatic rings. The molecule has 0 saturated heterocycles. The number of nitrogens with zero attached hydrogens (tertiary/aromatic N) is 3. The van der Waals surface area contributed by atoms with E-state index in [4.69, 9.17) is 0 Å². The number of benzene rings is 2. The number of halogens is 1. The average molecular weight is 383 g/mol. The van der Waals surface area contributed by atoms with Crippen molar-refractivity contribution >= 4 is 29.0 Å². The van der Waals surface area contributed by atoms with Crippen LogP contribution in [0.3, 0.4) is 0 Å². The Hall–Kier alpha value is -4.08. The summed E-state index contributed by atoms with van der Waals surface area (Å²) in [5, 5.41) is 15.9. The summed E-state index contributed by atoms with van der Waals surface area (Å²) in [6, 6.07) is 11.6. The Bertz CT molecular complexity index is 1030. The molecule has 0 bridgehead atoms. The van der Waals surface area contributed by atoms with Crippen LogP contribution in [0.25, 0.3) is 0 Å². The van der Waals surface area contributed by atoms with Gasteiger partial charge < -0.3 is 25.3 Å². The van der Waals surface area contributed by atoms with Gasteiger partial charge in [0.1, 0.15) is 18.6 Å². The molecule has 0 unspecified atom stereocenters. The maximum atomic E-state index is 13.0. The topological polar surface area (TPSA) is 119 Å². The molecule has 2 N–H and O–H groups in total. The van der Waals surface area contributed by atoms with Gasteiger partial charge >= 0.3 is 5.82 Å². The summed E-state index contributed by atoms with van der Waals surface area (Å²) in [6.45, 7) is -0.214. The van der Waals surface area contributed by atoms with Crippen molar-refractivity contribution in [3.8, 4) is 0 Å². The molecular weight excluding hydrogens is 369 g/mol. The number of nitro groups is 1. The van der Waals surface area contributed by atoms with E-state index in [2.05, 4.69) is 15.6 Å². The third-order valence-electron chi connectivity index (χ3n) is 3.68. The highest BCUT2D eigenvalue weighted by atomic mass is 19.1. The fourth-order valence-corrected chi connectivity index (χ4v) is 2.41. The Kier molecular flexibility index (Phi) is 5.40. The van der Waals surface area contributed by atoms with Crippen LogP contribution >= 0.6 is 0 Å². The van der Waals surface area contributed by atoms with E-state index in [0.717, 1.165) is 6.20 Å². The number of carbonyl (C=O) groups is 2. The van der Waals surface area contributed by atoms with Crippen LogP contribution in [0.5, 0.6) is 0 Å². The van der Waals surface area contributed by atoms with Crippen LogP contribution in [-0.4, -0.2) is 26.3 Å². The zero-order valence-corrected chi connectivity index (χ0v) is 14.3. The highest BCUT2D eigenvalue weighted by Gasteiger charge is 2.15. The minimum Gasteiger partial charge on any atom is -0.358 e. The van der Waals surface area contributed by atoms with E-state index < -0.39 is 22.6 Å². The minimum atomic E-state index is -0.663. The van der Waals surface area contributed by atoms with E-state index in [1.54, 1.807) is 18.2 Å². The summed E-state index contributed by atoms with van der Waals surface area (Å²) in [6.07, 6.45) is 2.30. The molecular formula is C18H14FN5O4. The van der Waals surface area contributed by atoms with Gasteiger partial charge in [-0.3, -0.25) is 9.59 Å². The Labute approximate surface area is 158 Å². The Morgan fingerprint density at radius 3 is 2.50 bits per heavy atom. The van der Waals surface area contributed by atoms with E-state index in [1.807, 2.05) is 0 Å². The normalized spacial score (nSPS) is 10.3. The second-order valence-corrected chi connectivity index (χ2v) is 5.72. The molecule has 28 heavy (non-hydrogen) atoms. The van der Waals surface area contributed by atoms with Crippen molar-refractivity contribution in [2.75, 3.05) is 10.6 Å². The first-order valence-corrected chi connectivity index (χ1v) is 8.04. The van der Waals surface area contributed by atoms with Gasteiger partial charge in [-0.25, -0.2) is 4.39 Å². The van der Waals surface area contributed by atoms with Crippen molar-refractivity contribution in [2.45, 2.75) is 6.54 Å². The fraction of sp³-hybridized carbons (Fsp3) is 0.0556. The molecule has 142 valence electrons. The van der Waals surface area contributed by atoms with Crippen LogP contribution in [0.4, 0.5) is 21.6 Å². The fourth-order valence-electron chi connectivity index (χ4n) is 2.41. The number of amides is 2. The number of imidazole rings is 1. The average Bonchev–Trinajstić information content (AvgIpc) is 3.12. The van der Waals surface area contributed by atoms with E-state index >= 15 is 0 Å². The number of para-hydroxylation sites is 1. The zero-order valence-electron chi connectivity index (χ0n) is 14.3. The molecule has 0 radical (unpaired) electrons. The molecule has 2 amide bonds. The SMILES string of the molecule is O=C(Cn1cnc([N+](=O)[O-])c1)Nc1ccccc1C(=O)Nc1ccc(F)cc1. The molecule has 2 aromatic carbocycles. The second-order valence-electron chi connectivity index (χ2n) is 5.72. The van der Waals surface area contributed by atoms with E-state index in [9.17, 15) is 24.1 Å². The van der Waals surface area contributed by atoms with Gasteiger partial charge in [0.25, 0.3) is 5.91 Å². The summed E-state index contributed by atoms with van der Waals surface area (Å²) in [7, 11) is 0. The van der Waals surface area contributed by atoms with E-state index in [1.165, 1.54) is 41.2 Å². The molecule has 0 atom stereocenters. The molecule has 0 aliphatic heterocycles. The van der Waals surface area contributed by atoms with Crippen molar-refractivity contribution in [3.05, 3.63) is 82.6 Å². The molecule has 0 fully saturated rings. The maximum Gasteiger partial charge on any atom is 0.381 e. The number of hydrogen-bond donors (Lipinski definition) is 2. The molecule has 1 aromatic heterocycles. The van der Waals surface area contributed by atoms with Gasteiger partial charge in [0, 0.05) is 5.69 Å². The first-order chi connectivity index (χ1) is 13.4. The van der Waals surface area contributed by atoms with Gasteiger partial charge in [0.05, 0.1) is 11.3 Å². The number of hydrogen-bond acceptors (Lipinski definition) is 5. The van der Waals surface area contributed by atoms with Crippen LogP contribution in [0, 0.1) is 15.9 Å². The van der Waals surface area contributed by atoms with Gasteiger partial charge in [-0.15, -0.1) is 0 Å². The molecule has 10 heteroatoms. The van der Waals surface area contributed by atoms with E-state index in [-0.39, 0.29) is 23.6 Å². The maximum absolute atomic E-state index is 13.0. The smallest absolute Gasteiger partial charge is 0.358 e. The summed E-state index contributed by atoms with van der Waals surface area (Å²) in [4.78, 5) is 38.3. The lowest BCUT2D eigenvalue weighted by Gasteiger charge is -2.11. The second kappa shape index (κ2) is 8.08. The van der Waals surface area contributed by atoms with Crippen LogP contribution in [0.1, 0.15) is 10.4 Å². The largest absolute Gasteiger partial charge is 0.381 e. The van der Waals surface area contributed by atoms with Crippen LogP contribution in [0.15, 0.2) is 61.1 Å². The molecule has 0 spiro atoms. The number of aromatic nitrogens is 2.